The van der Waals surface area contributed by atoms with Crippen molar-refractivity contribution in [3.63, 3.8) is 0 Å². The van der Waals surface area contributed by atoms with Crippen molar-refractivity contribution >= 4 is 54.4 Å². The van der Waals surface area contributed by atoms with Gasteiger partial charge in [-0.25, -0.2) is 4.98 Å². The highest BCUT2D eigenvalue weighted by molar-refractivity contribution is 6.20. The van der Waals surface area contributed by atoms with Crippen LogP contribution in [0.25, 0.3) is 82.5 Å². The molecule has 0 fully saturated rings. The summed E-state index contributed by atoms with van der Waals surface area (Å²) in [5, 5.41) is 7.16. The van der Waals surface area contributed by atoms with Crippen molar-refractivity contribution < 1.29 is 0 Å². The highest BCUT2D eigenvalue weighted by atomic mass is 15.0. The van der Waals surface area contributed by atoms with Crippen molar-refractivity contribution in [2.45, 2.75) is 0 Å². The predicted octanol–water partition coefficient (Wildman–Crippen LogP) is 10.4. The quantitative estimate of drug-likeness (QED) is 0.206. The molecule has 0 aliphatic heterocycles. The van der Waals surface area contributed by atoms with Gasteiger partial charge in [0.2, 0.25) is 0 Å². The third kappa shape index (κ3) is 3.75. The molecule has 0 radical (unpaired) electrons. The van der Waals surface area contributed by atoms with Gasteiger partial charge in [-0.3, -0.25) is 4.98 Å². The van der Waals surface area contributed by atoms with Crippen LogP contribution < -0.4 is 0 Å². The molecule has 0 aliphatic carbocycles. The number of benzene rings is 6. The molecule has 3 heteroatoms. The van der Waals surface area contributed by atoms with Gasteiger partial charge >= 0.3 is 0 Å². The average Bonchev–Trinajstić information content (AvgIpc) is 3.40. The second-order valence-corrected chi connectivity index (χ2v) is 11.1. The van der Waals surface area contributed by atoms with E-state index in [-0.39, 0.29) is 0 Å². The van der Waals surface area contributed by atoms with Crippen LogP contribution in [0, 0.1) is 0 Å². The fourth-order valence-corrected chi connectivity index (χ4v) is 6.59. The molecule has 0 spiro atoms. The summed E-state index contributed by atoms with van der Waals surface area (Å²) in [4.78, 5) is 9.71. The zero-order valence-electron chi connectivity index (χ0n) is 23.3. The zero-order chi connectivity index (χ0) is 28.3. The Morgan fingerprint density at radius 1 is 0.419 bits per heavy atom. The van der Waals surface area contributed by atoms with Gasteiger partial charge in [-0.15, -0.1) is 0 Å². The summed E-state index contributed by atoms with van der Waals surface area (Å²) >= 11 is 0. The molecule has 0 atom stereocenters. The smallest absolute Gasteiger partial charge is 0.0788 e. The number of para-hydroxylation sites is 2. The Balaban J connectivity index is 1.35. The molecular formula is C40H25N3. The number of fused-ring (bicyclic) bond motifs is 7. The lowest BCUT2D eigenvalue weighted by Crippen LogP contribution is -1.95. The summed E-state index contributed by atoms with van der Waals surface area (Å²) in [6.07, 6.45) is 1.84. The van der Waals surface area contributed by atoms with Crippen molar-refractivity contribution in [2.24, 2.45) is 0 Å². The number of nitrogens with zero attached hydrogens (tertiary/aromatic N) is 3. The third-order valence-corrected chi connectivity index (χ3v) is 8.58. The standard InChI is InChI=1S/C40H25N3/c1-2-10-26(11-3-1)40-35-25-39-34(24-33(35)31-15-4-6-17-37(31)42-40)32-16-5-7-18-38(32)43(39)30-14-8-12-27(23-30)28-19-20-36-29(22-28)13-9-21-41-36/h1-25H. The maximum Gasteiger partial charge on any atom is 0.0788 e. The van der Waals surface area contributed by atoms with E-state index < -0.39 is 0 Å². The van der Waals surface area contributed by atoms with Crippen LogP contribution in [0.15, 0.2) is 152 Å². The molecule has 3 nitrogen and oxygen atoms in total. The van der Waals surface area contributed by atoms with Crippen LogP contribution in [0.1, 0.15) is 0 Å². The van der Waals surface area contributed by atoms with E-state index in [1.807, 2.05) is 12.3 Å². The molecular weight excluding hydrogens is 522 g/mol. The van der Waals surface area contributed by atoms with E-state index >= 15 is 0 Å². The van der Waals surface area contributed by atoms with Gasteiger partial charge in [0.05, 0.1) is 27.8 Å². The molecule has 9 rings (SSSR count). The molecule has 0 aliphatic rings. The molecule has 43 heavy (non-hydrogen) atoms. The largest absolute Gasteiger partial charge is 0.309 e. The van der Waals surface area contributed by atoms with Gasteiger partial charge in [0.15, 0.2) is 0 Å². The monoisotopic (exact) mass is 547 g/mol. The Labute approximate surface area is 248 Å². The minimum atomic E-state index is 1.01. The van der Waals surface area contributed by atoms with Crippen LogP contribution in [0.3, 0.4) is 0 Å². The van der Waals surface area contributed by atoms with Gasteiger partial charge in [0.1, 0.15) is 0 Å². The average molecular weight is 548 g/mol. The van der Waals surface area contributed by atoms with E-state index in [1.165, 1.54) is 43.7 Å². The van der Waals surface area contributed by atoms with E-state index in [0.717, 1.165) is 38.8 Å². The minimum absolute atomic E-state index is 1.01. The Hall–Kier alpha value is -5.80. The summed E-state index contributed by atoms with van der Waals surface area (Å²) in [5.74, 6) is 0. The highest BCUT2D eigenvalue weighted by Gasteiger charge is 2.17. The maximum atomic E-state index is 5.20. The van der Waals surface area contributed by atoms with Crippen molar-refractivity contribution in [3.8, 4) is 28.1 Å². The fourth-order valence-electron chi connectivity index (χ4n) is 6.59. The first-order valence-electron chi connectivity index (χ1n) is 14.6. The van der Waals surface area contributed by atoms with Gasteiger partial charge in [0.25, 0.3) is 0 Å². The summed E-state index contributed by atoms with van der Waals surface area (Å²) < 4.78 is 2.40. The van der Waals surface area contributed by atoms with E-state index in [1.54, 1.807) is 0 Å². The summed E-state index contributed by atoms with van der Waals surface area (Å²) in [5.41, 5.74) is 9.98. The lowest BCUT2D eigenvalue weighted by Gasteiger charge is -2.13. The second-order valence-electron chi connectivity index (χ2n) is 11.1. The zero-order valence-corrected chi connectivity index (χ0v) is 23.3. The van der Waals surface area contributed by atoms with Crippen LogP contribution >= 0.6 is 0 Å². The van der Waals surface area contributed by atoms with Crippen LogP contribution in [0.4, 0.5) is 0 Å². The van der Waals surface area contributed by atoms with E-state index in [0.29, 0.717) is 0 Å². The predicted molar refractivity (Wildman–Crippen MR) is 180 cm³/mol. The van der Waals surface area contributed by atoms with Crippen LogP contribution in [-0.4, -0.2) is 14.5 Å². The van der Waals surface area contributed by atoms with Gasteiger partial charge in [-0.2, -0.15) is 0 Å². The molecule has 9 aromatic rings. The van der Waals surface area contributed by atoms with Crippen molar-refractivity contribution in [2.75, 3.05) is 0 Å². The van der Waals surface area contributed by atoms with Crippen LogP contribution in [0.5, 0.6) is 0 Å². The molecule has 3 heterocycles. The van der Waals surface area contributed by atoms with Crippen LogP contribution in [-0.2, 0) is 0 Å². The first-order chi connectivity index (χ1) is 21.3. The molecule has 0 saturated carbocycles. The number of rotatable bonds is 3. The van der Waals surface area contributed by atoms with Crippen molar-refractivity contribution in [1.82, 2.24) is 14.5 Å². The molecule has 3 aromatic heterocycles. The van der Waals surface area contributed by atoms with Gasteiger partial charge in [0, 0.05) is 44.4 Å². The minimum Gasteiger partial charge on any atom is -0.309 e. The molecule has 0 unspecified atom stereocenters. The summed E-state index contributed by atoms with van der Waals surface area (Å²) in [6, 6.07) is 51.9. The Morgan fingerprint density at radius 2 is 1.21 bits per heavy atom. The Kier molecular flexibility index (Phi) is 5.20. The molecule has 0 bridgehead atoms. The lowest BCUT2D eigenvalue weighted by atomic mass is 9.98. The lowest BCUT2D eigenvalue weighted by molar-refractivity contribution is 1.18. The first-order valence-corrected chi connectivity index (χ1v) is 14.6. The molecule has 0 amide bonds. The van der Waals surface area contributed by atoms with Crippen molar-refractivity contribution in [1.29, 1.82) is 0 Å². The Bertz CT molecular complexity index is 2510. The van der Waals surface area contributed by atoms with E-state index in [2.05, 4.69) is 149 Å². The molecule has 0 saturated heterocycles. The van der Waals surface area contributed by atoms with Gasteiger partial charge in [-0.1, -0.05) is 91.0 Å². The second kappa shape index (κ2) is 9.37. The summed E-state index contributed by atoms with van der Waals surface area (Å²) in [7, 11) is 0. The maximum absolute atomic E-state index is 5.20. The van der Waals surface area contributed by atoms with Crippen LogP contribution in [0.2, 0.25) is 0 Å². The normalized spacial score (nSPS) is 11.7. The van der Waals surface area contributed by atoms with E-state index in [4.69, 9.17) is 4.98 Å². The van der Waals surface area contributed by atoms with Gasteiger partial charge in [-0.05, 0) is 71.1 Å². The third-order valence-electron chi connectivity index (χ3n) is 8.58. The number of hydrogen-bond donors (Lipinski definition) is 0. The topological polar surface area (TPSA) is 30.7 Å². The number of pyridine rings is 2. The van der Waals surface area contributed by atoms with E-state index in [9.17, 15) is 0 Å². The van der Waals surface area contributed by atoms with Crippen molar-refractivity contribution in [3.05, 3.63) is 152 Å². The molecule has 200 valence electrons. The van der Waals surface area contributed by atoms with Gasteiger partial charge < -0.3 is 4.57 Å². The first kappa shape index (κ1) is 23.9. The number of hydrogen-bond acceptors (Lipinski definition) is 2. The fraction of sp³-hybridized carbons (Fsp3) is 0. The SMILES string of the molecule is c1ccc(-c2nc3ccccc3c3cc4c5ccccc5n(-c5cccc(-c6ccc7ncccc7c6)c5)c4cc23)cc1. The Morgan fingerprint density at radius 3 is 2.14 bits per heavy atom. The molecule has 6 aromatic carbocycles. The summed E-state index contributed by atoms with van der Waals surface area (Å²) in [6.45, 7) is 0. The highest BCUT2D eigenvalue weighted by Crippen LogP contribution is 2.40. The number of aromatic nitrogens is 3. The molecule has 0 N–H and O–H groups in total.